The molecule has 0 aliphatic carbocycles. The number of alkyl carbamates (subject to hydrolysis) is 1. The highest BCUT2D eigenvalue weighted by Gasteiger charge is 2.35. The van der Waals surface area contributed by atoms with Crippen molar-refractivity contribution in [3.05, 3.63) is 29.8 Å². The molecule has 0 aliphatic heterocycles. The third-order valence-electron chi connectivity index (χ3n) is 4.15. The van der Waals surface area contributed by atoms with E-state index in [0.29, 0.717) is 0 Å². The lowest BCUT2D eigenvalue weighted by Crippen LogP contribution is -2.53. The first-order valence-electron chi connectivity index (χ1n) is 9.94. The van der Waals surface area contributed by atoms with Crippen LogP contribution in [0.1, 0.15) is 39.3 Å². The van der Waals surface area contributed by atoms with Crippen molar-refractivity contribution in [2.24, 2.45) is 0 Å². The van der Waals surface area contributed by atoms with Gasteiger partial charge in [-0.15, -0.1) is 0 Å². The summed E-state index contributed by atoms with van der Waals surface area (Å²) in [5, 5.41) is 24.6. The van der Waals surface area contributed by atoms with Crippen molar-refractivity contribution in [3.63, 3.8) is 0 Å². The summed E-state index contributed by atoms with van der Waals surface area (Å²) >= 11 is 0. The molecule has 0 spiro atoms. The standard InChI is InChI=1S/C21H31N3O8/c1-13(23-20(30)32-21(2,3)4)19(29)24(10-11-25)17(14-8-6-7-9-15(14)26)18(28)22-12-16(27)31-5/h6-9,13,17,25-26H,10-12H2,1-5H3,(H,22,28)(H,23,30). The Morgan fingerprint density at radius 2 is 1.78 bits per heavy atom. The van der Waals surface area contributed by atoms with Gasteiger partial charge in [-0.1, -0.05) is 18.2 Å². The van der Waals surface area contributed by atoms with Crippen LogP contribution in [0.4, 0.5) is 4.79 Å². The highest BCUT2D eigenvalue weighted by atomic mass is 16.6. The summed E-state index contributed by atoms with van der Waals surface area (Å²) in [7, 11) is 1.15. The van der Waals surface area contributed by atoms with E-state index in [2.05, 4.69) is 15.4 Å². The van der Waals surface area contributed by atoms with Gasteiger partial charge in [-0.25, -0.2) is 4.79 Å². The van der Waals surface area contributed by atoms with Crippen molar-refractivity contribution in [2.75, 3.05) is 26.8 Å². The van der Waals surface area contributed by atoms with Crippen LogP contribution in [0.15, 0.2) is 24.3 Å². The van der Waals surface area contributed by atoms with Crippen LogP contribution in [0.5, 0.6) is 5.75 Å². The van der Waals surface area contributed by atoms with E-state index in [9.17, 15) is 29.4 Å². The minimum atomic E-state index is -1.40. The summed E-state index contributed by atoms with van der Waals surface area (Å²) in [6.45, 7) is 5.13. The first-order valence-corrected chi connectivity index (χ1v) is 9.94. The normalized spacial score (nSPS) is 12.8. The van der Waals surface area contributed by atoms with E-state index in [0.717, 1.165) is 12.0 Å². The fourth-order valence-corrected chi connectivity index (χ4v) is 2.77. The summed E-state index contributed by atoms with van der Waals surface area (Å²) in [6.07, 6.45) is -0.837. The van der Waals surface area contributed by atoms with Crippen LogP contribution < -0.4 is 10.6 Å². The molecule has 0 aliphatic rings. The number of methoxy groups -OCH3 is 1. The number of hydrogen-bond donors (Lipinski definition) is 4. The molecular weight excluding hydrogens is 422 g/mol. The van der Waals surface area contributed by atoms with Crippen molar-refractivity contribution in [3.8, 4) is 5.75 Å². The van der Waals surface area contributed by atoms with Gasteiger partial charge >= 0.3 is 12.1 Å². The van der Waals surface area contributed by atoms with Gasteiger partial charge in [0.2, 0.25) is 11.8 Å². The van der Waals surface area contributed by atoms with Crippen molar-refractivity contribution in [1.29, 1.82) is 0 Å². The van der Waals surface area contributed by atoms with Crippen LogP contribution >= 0.6 is 0 Å². The van der Waals surface area contributed by atoms with Crippen molar-refractivity contribution in [2.45, 2.75) is 45.4 Å². The average Bonchev–Trinajstić information content (AvgIpc) is 2.70. The monoisotopic (exact) mass is 453 g/mol. The molecular formula is C21H31N3O8. The van der Waals surface area contributed by atoms with Crippen molar-refractivity contribution in [1.82, 2.24) is 15.5 Å². The minimum absolute atomic E-state index is 0.0705. The van der Waals surface area contributed by atoms with E-state index in [-0.39, 0.29) is 17.9 Å². The van der Waals surface area contributed by atoms with E-state index in [1.807, 2.05) is 0 Å². The highest BCUT2D eigenvalue weighted by molar-refractivity contribution is 5.93. The second kappa shape index (κ2) is 11.9. The third kappa shape index (κ3) is 8.06. The van der Waals surface area contributed by atoms with Crippen LogP contribution in [-0.2, 0) is 23.9 Å². The summed E-state index contributed by atoms with van der Waals surface area (Å²) in [5.41, 5.74) is -0.717. The molecule has 1 aromatic carbocycles. The predicted molar refractivity (Wildman–Crippen MR) is 114 cm³/mol. The van der Waals surface area contributed by atoms with Crippen LogP contribution in [0.25, 0.3) is 0 Å². The number of aliphatic hydroxyl groups excluding tert-OH is 1. The number of esters is 1. The summed E-state index contributed by atoms with van der Waals surface area (Å²) in [6, 6.07) is 3.33. The second-order valence-electron chi connectivity index (χ2n) is 7.88. The number of phenolic OH excluding ortho intramolecular Hbond substituents is 1. The number of benzene rings is 1. The highest BCUT2D eigenvalue weighted by Crippen LogP contribution is 2.29. The largest absolute Gasteiger partial charge is 0.508 e. The van der Waals surface area contributed by atoms with Crippen LogP contribution in [0.3, 0.4) is 0 Å². The van der Waals surface area contributed by atoms with Gasteiger partial charge in [-0.3, -0.25) is 14.4 Å². The predicted octanol–water partition coefficient (Wildman–Crippen LogP) is 0.457. The Bertz CT molecular complexity index is 822. The van der Waals surface area contributed by atoms with Crippen LogP contribution in [0, 0.1) is 0 Å². The lowest BCUT2D eigenvalue weighted by Gasteiger charge is -2.33. The summed E-state index contributed by atoms with van der Waals surface area (Å²) in [4.78, 5) is 50.6. The van der Waals surface area contributed by atoms with E-state index >= 15 is 0 Å². The molecule has 2 unspecified atom stereocenters. The SMILES string of the molecule is COC(=O)CNC(=O)C(c1ccccc1O)N(CCO)C(=O)C(C)NC(=O)OC(C)(C)C. The molecule has 0 radical (unpaired) electrons. The molecule has 32 heavy (non-hydrogen) atoms. The number of rotatable bonds is 9. The Morgan fingerprint density at radius 1 is 1.16 bits per heavy atom. The van der Waals surface area contributed by atoms with Gasteiger partial charge in [0.1, 0.15) is 30.0 Å². The molecule has 0 aromatic heterocycles. The number of ether oxygens (including phenoxy) is 2. The maximum atomic E-state index is 13.2. The van der Waals surface area contributed by atoms with Gasteiger partial charge in [-0.05, 0) is 33.8 Å². The maximum Gasteiger partial charge on any atom is 0.408 e. The third-order valence-corrected chi connectivity index (χ3v) is 4.15. The molecule has 1 rings (SSSR count). The molecule has 11 nitrogen and oxygen atoms in total. The number of phenols is 1. The molecule has 3 amide bonds. The zero-order valence-corrected chi connectivity index (χ0v) is 18.9. The Labute approximate surface area is 186 Å². The number of para-hydroxylation sites is 1. The van der Waals surface area contributed by atoms with Gasteiger partial charge in [0.15, 0.2) is 0 Å². The molecule has 0 saturated carbocycles. The van der Waals surface area contributed by atoms with Crippen molar-refractivity contribution >= 4 is 23.9 Å². The van der Waals surface area contributed by atoms with E-state index in [1.165, 1.54) is 25.1 Å². The molecule has 11 heteroatoms. The molecule has 0 bridgehead atoms. The van der Waals surface area contributed by atoms with Crippen LogP contribution in [0.2, 0.25) is 0 Å². The van der Waals surface area contributed by atoms with Gasteiger partial charge in [0, 0.05) is 12.1 Å². The smallest absolute Gasteiger partial charge is 0.408 e. The number of nitrogens with zero attached hydrogens (tertiary/aromatic N) is 1. The Morgan fingerprint density at radius 3 is 2.31 bits per heavy atom. The fourth-order valence-electron chi connectivity index (χ4n) is 2.77. The van der Waals surface area contributed by atoms with Gasteiger partial charge in [0.05, 0.1) is 13.7 Å². The lowest BCUT2D eigenvalue weighted by atomic mass is 10.0. The number of carbonyl (C=O) groups excluding carboxylic acids is 4. The summed E-state index contributed by atoms with van der Waals surface area (Å²) < 4.78 is 9.65. The zero-order valence-electron chi connectivity index (χ0n) is 18.9. The molecule has 0 fully saturated rings. The first kappa shape index (κ1) is 26.7. The number of amides is 3. The maximum absolute atomic E-state index is 13.2. The average molecular weight is 453 g/mol. The number of hydrogen-bond acceptors (Lipinski definition) is 8. The Kier molecular flexibility index (Phi) is 9.92. The lowest BCUT2D eigenvalue weighted by molar-refractivity contribution is -0.145. The van der Waals surface area contributed by atoms with Gasteiger partial charge in [-0.2, -0.15) is 0 Å². The molecule has 0 heterocycles. The number of aliphatic hydroxyl groups is 1. The summed E-state index contributed by atoms with van der Waals surface area (Å²) in [5.74, 6) is -2.49. The first-order chi connectivity index (χ1) is 14.9. The Hall–Kier alpha value is -3.34. The second-order valence-corrected chi connectivity index (χ2v) is 7.88. The number of aromatic hydroxyl groups is 1. The molecule has 1 aromatic rings. The van der Waals surface area contributed by atoms with E-state index < -0.39 is 54.7 Å². The van der Waals surface area contributed by atoms with Crippen LogP contribution in [-0.4, -0.2) is 77.4 Å². The Balaban J connectivity index is 3.24. The van der Waals surface area contributed by atoms with E-state index in [1.54, 1.807) is 26.8 Å². The number of carbonyl (C=O) groups is 4. The molecule has 2 atom stereocenters. The molecule has 178 valence electrons. The molecule has 4 N–H and O–H groups in total. The van der Waals surface area contributed by atoms with E-state index in [4.69, 9.17) is 4.74 Å². The van der Waals surface area contributed by atoms with Crippen molar-refractivity contribution < 1.29 is 38.9 Å². The zero-order chi connectivity index (χ0) is 24.5. The minimum Gasteiger partial charge on any atom is -0.508 e. The molecule has 0 saturated heterocycles. The fraction of sp³-hybridized carbons (Fsp3) is 0.524. The van der Waals surface area contributed by atoms with Gasteiger partial charge in [0.25, 0.3) is 0 Å². The number of nitrogens with one attached hydrogen (secondary N) is 2. The van der Waals surface area contributed by atoms with Gasteiger partial charge < -0.3 is 35.2 Å². The quantitative estimate of drug-likeness (QED) is 0.393. The topological polar surface area (TPSA) is 154 Å².